The molecule has 0 saturated carbocycles. The molecule has 2 aromatic carbocycles. The number of rotatable bonds is 7. The number of nitrogens with zero attached hydrogens (tertiary/aromatic N) is 2. The molecule has 6 N–H and O–H groups in total. The van der Waals surface area contributed by atoms with Gasteiger partial charge in [0.25, 0.3) is 0 Å². The van der Waals surface area contributed by atoms with Gasteiger partial charge in [-0.2, -0.15) is 4.98 Å². The fourth-order valence-corrected chi connectivity index (χ4v) is 3.55. The first-order valence-corrected chi connectivity index (χ1v) is 11.2. The lowest BCUT2D eigenvalue weighted by molar-refractivity contribution is 0.598. The fourth-order valence-electron chi connectivity index (χ4n) is 2.64. The Morgan fingerprint density at radius 2 is 1.72 bits per heavy atom. The molecule has 0 unspecified atom stereocenters. The highest BCUT2D eigenvalue weighted by Crippen LogP contribution is 2.28. The normalized spacial score (nSPS) is 11.5. The highest BCUT2D eigenvalue weighted by Gasteiger charge is 2.13. The van der Waals surface area contributed by atoms with Crippen molar-refractivity contribution in [3.63, 3.8) is 0 Å². The maximum atomic E-state index is 11.6. The summed E-state index contributed by atoms with van der Waals surface area (Å²) in [6, 6.07) is 13.9. The van der Waals surface area contributed by atoms with E-state index in [4.69, 9.17) is 10.3 Å². The van der Waals surface area contributed by atoms with Gasteiger partial charge in [0, 0.05) is 28.0 Å². The Labute approximate surface area is 174 Å². The van der Waals surface area contributed by atoms with Gasteiger partial charge in [0.15, 0.2) is 0 Å². The Hall–Kier alpha value is -2.66. The number of aromatic nitrogens is 2. The monoisotopic (exact) mass is 430 g/mol. The minimum atomic E-state index is -3.80. The number of sulfonamides is 1. The van der Waals surface area contributed by atoms with Crippen LogP contribution in [0.3, 0.4) is 0 Å². The predicted molar refractivity (Wildman–Crippen MR) is 117 cm³/mol. The molecule has 3 rings (SSSR count). The van der Waals surface area contributed by atoms with Crippen LogP contribution in [-0.4, -0.2) is 18.4 Å². The summed E-state index contributed by atoms with van der Waals surface area (Å²) in [5.41, 5.74) is 2.26. The minimum absolute atomic E-state index is 0.0251. The number of nitrogens with one attached hydrogen (secondary N) is 2. The van der Waals surface area contributed by atoms with E-state index in [9.17, 15) is 8.42 Å². The summed E-state index contributed by atoms with van der Waals surface area (Å²) in [5.74, 6) is 1.14. The zero-order valence-electron chi connectivity index (χ0n) is 16.0. The van der Waals surface area contributed by atoms with Crippen molar-refractivity contribution in [3.8, 4) is 0 Å². The van der Waals surface area contributed by atoms with Gasteiger partial charge in [0.05, 0.1) is 4.90 Å². The van der Waals surface area contributed by atoms with Crippen molar-refractivity contribution >= 4 is 45.1 Å². The largest absolute Gasteiger partial charge is 0.340 e. The molecule has 0 aliphatic rings. The van der Waals surface area contributed by atoms with Gasteiger partial charge in [-0.1, -0.05) is 26.0 Å². The van der Waals surface area contributed by atoms with Gasteiger partial charge in [0.2, 0.25) is 16.0 Å². The second-order valence-corrected chi connectivity index (χ2v) is 8.89. The molecular weight excluding hydrogens is 408 g/mol. The summed E-state index contributed by atoms with van der Waals surface area (Å²) in [6.45, 7) is 4.05. The second kappa shape index (κ2) is 8.78. The van der Waals surface area contributed by atoms with Gasteiger partial charge in [-0.3, -0.25) is 5.14 Å². The van der Waals surface area contributed by atoms with E-state index in [-0.39, 0.29) is 10.8 Å². The summed E-state index contributed by atoms with van der Waals surface area (Å²) < 4.78 is 23.3. The number of hydrogen-bond donors (Lipinski definition) is 4. The Bertz CT molecular complexity index is 1120. The van der Waals surface area contributed by atoms with Crippen LogP contribution in [0.4, 0.5) is 23.1 Å². The van der Waals surface area contributed by atoms with Crippen LogP contribution >= 0.6 is 11.9 Å². The van der Waals surface area contributed by atoms with E-state index >= 15 is 0 Å². The SMILES string of the molecule is CC(C)c1cnc(Nc2cccc(SN)c2)nc1Nc1cccc(S(N)(=O)=O)c1. The summed E-state index contributed by atoms with van der Waals surface area (Å²) >= 11 is 1.16. The van der Waals surface area contributed by atoms with Crippen molar-refractivity contribution in [1.82, 2.24) is 9.97 Å². The molecule has 3 aromatic rings. The summed E-state index contributed by atoms with van der Waals surface area (Å²) in [6.07, 6.45) is 1.74. The Balaban J connectivity index is 1.93. The van der Waals surface area contributed by atoms with Crippen LogP contribution in [0.25, 0.3) is 0 Å². The molecule has 0 spiro atoms. The topological polar surface area (TPSA) is 136 Å². The second-order valence-electron chi connectivity index (χ2n) is 6.62. The molecule has 0 amide bonds. The lowest BCUT2D eigenvalue weighted by atomic mass is 10.1. The van der Waals surface area contributed by atoms with Gasteiger partial charge in [-0.05, 0) is 54.3 Å². The third-order valence-electron chi connectivity index (χ3n) is 4.09. The molecule has 0 radical (unpaired) electrons. The lowest BCUT2D eigenvalue weighted by Gasteiger charge is -2.15. The maximum Gasteiger partial charge on any atom is 0.238 e. The highest BCUT2D eigenvalue weighted by molar-refractivity contribution is 7.97. The van der Waals surface area contributed by atoms with Crippen LogP contribution in [0.15, 0.2) is 64.5 Å². The molecule has 0 aliphatic heterocycles. The molecule has 0 bridgehead atoms. The molecule has 0 fully saturated rings. The van der Waals surface area contributed by atoms with Crippen LogP contribution in [0, 0.1) is 0 Å². The number of primary sulfonamides is 1. The Morgan fingerprint density at radius 1 is 1.03 bits per heavy atom. The third kappa shape index (κ3) is 5.45. The van der Waals surface area contributed by atoms with E-state index in [1.807, 2.05) is 38.1 Å². The van der Waals surface area contributed by atoms with Gasteiger partial charge in [-0.15, -0.1) is 0 Å². The molecular formula is C19H22N6O2S2. The van der Waals surface area contributed by atoms with Crippen LogP contribution in [0.1, 0.15) is 25.3 Å². The molecule has 8 nitrogen and oxygen atoms in total. The van der Waals surface area contributed by atoms with Crippen molar-refractivity contribution in [2.24, 2.45) is 10.3 Å². The predicted octanol–water partition coefficient (Wildman–Crippen LogP) is 3.70. The zero-order chi connectivity index (χ0) is 21.0. The lowest BCUT2D eigenvalue weighted by Crippen LogP contribution is -2.12. The molecule has 152 valence electrons. The summed E-state index contributed by atoms with van der Waals surface area (Å²) in [4.78, 5) is 9.91. The van der Waals surface area contributed by atoms with Crippen molar-refractivity contribution < 1.29 is 8.42 Å². The quantitative estimate of drug-likeness (QED) is 0.417. The highest BCUT2D eigenvalue weighted by atomic mass is 32.2. The van der Waals surface area contributed by atoms with Crippen LogP contribution in [0.2, 0.25) is 0 Å². The van der Waals surface area contributed by atoms with E-state index in [0.29, 0.717) is 17.5 Å². The Kier molecular flexibility index (Phi) is 6.38. The van der Waals surface area contributed by atoms with Gasteiger partial charge in [-0.25, -0.2) is 18.5 Å². The average Bonchev–Trinajstić information content (AvgIpc) is 2.67. The number of anilines is 4. The summed E-state index contributed by atoms with van der Waals surface area (Å²) in [7, 11) is -3.80. The molecule has 10 heteroatoms. The van der Waals surface area contributed by atoms with Crippen molar-refractivity contribution in [2.45, 2.75) is 29.6 Å². The van der Waals surface area contributed by atoms with Gasteiger partial charge in [0.1, 0.15) is 5.82 Å². The molecule has 0 aliphatic carbocycles. The number of benzene rings is 2. The van der Waals surface area contributed by atoms with E-state index in [1.54, 1.807) is 18.3 Å². The van der Waals surface area contributed by atoms with E-state index in [1.165, 1.54) is 12.1 Å². The summed E-state index contributed by atoms with van der Waals surface area (Å²) in [5, 5.41) is 17.2. The number of nitrogens with two attached hydrogens (primary N) is 2. The first-order chi connectivity index (χ1) is 13.8. The Morgan fingerprint density at radius 3 is 2.38 bits per heavy atom. The van der Waals surface area contributed by atoms with Crippen molar-refractivity contribution in [1.29, 1.82) is 0 Å². The van der Waals surface area contributed by atoms with Gasteiger partial charge < -0.3 is 10.6 Å². The van der Waals surface area contributed by atoms with Crippen LogP contribution < -0.4 is 20.9 Å². The zero-order valence-corrected chi connectivity index (χ0v) is 17.6. The smallest absolute Gasteiger partial charge is 0.238 e. The first-order valence-electron chi connectivity index (χ1n) is 8.77. The van der Waals surface area contributed by atoms with E-state index in [0.717, 1.165) is 28.1 Å². The van der Waals surface area contributed by atoms with E-state index < -0.39 is 10.0 Å². The standard InChI is InChI=1S/C19H22N6O2S2/c1-12(2)17-11-22-19(24-13-5-3-7-15(9-13)28-20)25-18(17)23-14-6-4-8-16(10-14)29(21,26)27/h3-12H,20H2,1-2H3,(H2,21,26,27)(H2,22,23,24,25). The van der Waals surface area contributed by atoms with Gasteiger partial charge >= 0.3 is 0 Å². The fraction of sp³-hybridized carbons (Fsp3) is 0.158. The molecule has 29 heavy (non-hydrogen) atoms. The first kappa shape index (κ1) is 21.1. The molecule has 0 atom stereocenters. The molecule has 0 saturated heterocycles. The van der Waals surface area contributed by atoms with Crippen LogP contribution in [-0.2, 0) is 10.0 Å². The minimum Gasteiger partial charge on any atom is -0.340 e. The molecule has 1 aromatic heterocycles. The van der Waals surface area contributed by atoms with Crippen molar-refractivity contribution in [3.05, 3.63) is 60.3 Å². The number of hydrogen-bond acceptors (Lipinski definition) is 8. The molecule has 1 heterocycles. The van der Waals surface area contributed by atoms with E-state index in [2.05, 4.69) is 20.6 Å². The maximum absolute atomic E-state index is 11.6. The van der Waals surface area contributed by atoms with Crippen LogP contribution in [0.5, 0.6) is 0 Å². The average molecular weight is 431 g/mol. The van der Waals surface area contributed by atoms with Crippen molar-refractivity contribution in [2.75, 3.05) is 10.6 Å². The third-order valence-corrected chi connectivity index (χ3v) is 5.53.